The molecule has 1 aliphatic carbocycles. The van der Waals surface area contributed by atoms with Crippen molar-refractivity contribution in [1.82, 2.24) is 19.8 Å². The zero-order valence-corrected chi connectivity index (χ0v) is 17.9. The molecule has 164 valence electrons. The van der Waals surface area contributed by atoms with Crippen LogP contribution < -0.4 is 10.9 Å². The van der Waals surface area contributed by atoms with E-state index < -0.39 is 0 Å². The first kappa shape index (κ1) is 20.2. The van der Waals surface area contributed by atoms with Gasteiger partial charge in [-0.25, -0.2) is 4.98 Å². The Morgan fingerprint density at radius 3 is 2.52 bits per heavy atom. The summed E-state index contributed by atoms with van der Waals surface area (Å²) in [6.45, 7) is 1.89. The van der Waals surface area contributed by atoms with Gasteiger partial charge in [-0.15, -0.1) is 0 Å². The van der Waals surface area contributed by atoms with E-state index >= 15 is 0 Å². The van der Waals surface area contributed by atoms with Crippen LogP contribution >= 0.6 is 0 Å². The second-order valence-corrected chi connectivity index (χ2v) is 9.23. The molecule has 2 aromatic rings. The molecule has 2 fully saturated rings. The molecule has 31 heavy (non-hydrogen) atoms. The molecule has 3 heterocycles. The summed E-state index contributed by atoms with van der Waals surface area (Å²) in [7, 11) is 0. The fourth-order valence-corrected chi connectivity index (χ4v) is 4.80. The molecule has 0 atom stereocenters. The molecule has 0 unspecified atom stereocenters. The normalized spacial score (nSPS) is 20.1. The summed E-state index contributed by atoms with van der Waals surface area (Å²) >= 11 is 0. The van der Waals surface area contributed by atoms with Gasteiger partial charge in [0.15, 0.2) is 0 Å². The number of benzene rings is 1. The summed E-state index contributed by atoms with van der Waals surface area (Å²) in [5.74, 6) is 0.935. The number of likely N-dealkylation sites (tertiary alicyclic amines) is 1. The van der Waals surface area contributed by atoms with Crippen molar-refractivity contribution in [3.63, 3.8) is 0 Å². The van der Waals surface area contributed by atoms with Gasteiger partial charge in [0, 0.05) is 43.6 Å². The fraction of sp³-hybridized carbons (Fsp3) is 0.583. The van der Waals surface area contributed by atoms with Gasteiger partial charge in [-0.3, -0.25) is 19.0 Å². The highest BCUT2D eigenvalue weighted by Crippen LogP contribution is 2.24. The monoisotopic (exact) mass is 422 g/mol. The average Bonchev–Trinajstić information content (AvgIpc) is 3.58. The minimum Gasteiger partial charge on any atom is -0.353 e. The largest absolute Gasteiger partial charge is 0.353 e. The molecule has 7 nitrogen and oxygen atoms in total. The topological polar surface area (TPSA) is 84.3 Å². The van der Waals surface area contributed by atoms with E-state index in [0.29, 0.717) is 48.4 Å². The quantitative estimate of drug-likeness (QED) is 0.824. The second kappa shape index (κ2) is 8.44. The number of carbonyl (C=O) groups is 2. The van der Waals surface area contributed by atoms with E-state index in [1.54, 1.807) is 18.2 Å². The Morgan fingerprint density at radius 2 is 1.74 bits per heavy atom. The maximum Gasteiger partial charge on any atom is 0.261 e. The van der Waals surface area contributed by atoms with Crippen LogP contribution in [-0.2, 0) is 17.8 Å². The van der Waals surface area contributed by atoms with E-state index in [1.165, 1.54) is 6.42 Å². The van der Waals surface area contributed by atoms with Crippen LogP contribution in [0.5, 0.6) is 0 Å². The number of fused-ring (bicyclic) bond motifs is 2. The lowest BCUT2D eigenvalue weighted by Crippen LogP contribution is -2.43. The fourth-order valence-electron chi connectivity index (χ4n) is 4.80. The van der Waals surface area contributed by atoms with E-state index in [4.69, 9.17) is 4.98 Å². The van der Waals surface area contributed by atoms with Crippen molar-refractivity contribution in [2.45, 2.75) is 70.4 Å². The Kier molecular flexibility index (Phi) is 5.50. The van der Waals surface area contributed by atoms with Crippen LogP contribution in [0.4, 0.5) is 0 Å². The van der Waals surface area contributed by atoms with Gasteiger partial charge < -0.3 is 10.2 Å². The zero-order chi connectivity index (χ0) is 21.4. The number of carbonyl (C=O) groups excluding carboxylic acids is 2. The number of aryl methyl sites for hydroxylation is 1. The Morgan fingerprint density at radius 1 is 0.968 bits per heavy atom. The molecule has 1 N–H and O–H groups in total. The molecule has 1 aromatic carbocycles. The van der Waals surface area contributed by atoms with Crippen LogP contribution in [0, 0.1) is 5.92 Å². The van der Waals surface area contributed by atoms with E-state index in [2.05, 4.69) is 5.32 Å². The molecule has 2 amide bonds. The van der Waals surface area contributed by atoms with Crippen LogP contribution in [0.1, 0.15) is 67.5 Å². The standard InChI is InChI=1S/C24H30N4O3/c29-22(25-18-7-8-18)16-10-13-27(14-11-16)23(30)17-6-9-19-20(15-17)26-21-5-3-1-2-4-12-28(21)24(19)31/h6,9,15-16,18H,1-5,7-8,10-14H2,(H,25,29). The minimum atomic E-state index is -0.0448. The number of nitrogens with one attached hydrogen (secondary N) is 1. The number of rotatable bonds is 3. The van der Waals surface area contributed by atoms with Gasteiger partial charge in [0.25, 0.3) is 11.5 Å². The van der Waals surface area contributed by atoms with Gasteiger partial charge in [0.2, 0.25) is 5.91 Å². The van der Waals surface area contributed by atoms with Crippen LogP contribution in [-0.4, -0.2) is 45.4 Å². The maximum atomic E-state index is 13.1. The molecule has 1 saturated carbocycles. The van der Waals surface area contributed by atoms with Crippen molar-refractivity contribution in [3.8, 4) is 0 Å². The molecule has 7 heteroatoms. The minimum absolute atomic E-state index is 0.00232. The lowest BCUT2D eigenvalue weighted by Gasteiger charge is -2.31. The third-order valence-corrected chi connectivity index (χ3v) is 6.89. The molecule has 3 aliphatic rings. The van der Waals surface area contributed by atoms with Crippen molar-refractivity contribution in [2.75, 3.05) is 13.1 Å². The van der Waals surface area contributed by atoms with Crippen molar-refractivity contribution < 1.29 is 9.59 Å². The lowest BCUT2D eigenvalue weighted by atomic mass is 9.95. The van der Waals surface area contributed by atoms with Crippen LogP contribution in [0.15, 0.2) is 23.0 Å². The number of aromatic nitrogens is 2. The van der Waals surface area contributed by atoms with Gasteiger partial charge in [-0.1, -0.05) is 12.8 Å². The summed E-state index contributed by atoms with van der Waals surface area (Å²) < 4.78 is 1.82. The number of piperidine rings is 1. The molecule has 1 aromatic heterocycles. The highest BCUT2D eigenvalue weighted by atomic mass is 16.2. The van der Waals surface area contributed by atoms with Gasteiger partial charge in [-0.05, 0) is 56.7 Å². The van der Waals surface area contributed by atoms with Crippen molar-refractivity contribution in [1.29, 1.82) is 0 Å². The summed E-state index contributed by atoms with van der Waals surface area (Å²) in [5.41, 5.74) is 1.18. The van der Waals surface area contributed by atoms with Gasteiger partial charge in [0.1, 0.15) is 5.82 Å². The molecular formula is C24H30N4O3. The van der Waals surface area contributed by atoms with Crippen molar-refractivity contribution in [3.05, 3.63) is 39.9 Å². The molecule has 5 rings (SSSR count). The first-order valence-electron chi connectivity index (χ1n) is 11.7. The molecule has 0 radical (unpaired) electrons. The van der Waals surface area contributed by atoms with Crippen molar-refractivity contribution in [2.24, 2.45) is 5.92 Å². The Labute approximate surface area is 181 Å². The lowest BCUT2D eigenvalue weighted by molar-refractivity contribution is -0.126. The first-order chi connectivity index (χ1) is 15.1. The first-order valence-corrected chi connectivity index (χ1v) is 11.7. The molecule has 0 bridgehead atoms. The SMILES string of the molecule is O=C(NC1CC1)C1CCN(C(=O)c2ccc3c(=O)n4c(nc3c2)CCCCCC4)CC1. The summed E-state index contributed by atoms with van der Waals surface area (Å²) in [5, 5.41) is 3.66. The number of hydrogen-bond donors (Lipinski definition) is 1. The predicted octanol–water partition coefficient (Wildman–Crippen LogP) is 2.64. The van der Waals surface area contributed by atoms with E-state index in [-0.39, 0.29) is 23.3 Å². The summed E-state index contributed by atoms with van der Waals surface area (Å²) in [6.07, 6.45) is 8.75. The van der Waals surface area contributed by atoms with Crippen LogP contribution in [0.25, 0.3) is 10.9 Å². The number of nitrogens with zero attached hydrogens (tertiary/aromatic N) is 3. The number of amides is 2. The van der Waals surface area contributed by atoms with E-state index in [9.17, 15) is 14.4 Å². The zero-order valence-electron chi connectivity index (χ0n) is 17.9. The van der Waals surface area contributed by atoms with Crippen LogP contribution in [0.2, 0.25) is 0 Å². The third kappa shape index (κ3) is 4.23. The molecule has 1 saturated heterocycles. The second-order valence-electron chi connectivity index (χ2n) is 9.23. The highest BCUT2D eigenvalue weighted by Gasteiger charge is 2.31. The molecule has 0 spiro atoms. The highest BCUT2D eigenvalue weighted by molar-refractivity contribution is 5.97. The third-order valence-electron chi connectivity index (χ3n) is 6.89. The predicted molar refractivity (Wildman–Crippen MR) is 118 cm³/mol. The number of hydrogen-bond acceptors (Lipinski definition) is 4. The van der Waals surface area contributed by atoms with Gasteiger partial charge in [-0.2, -0.15) is 0 Å². The Bertz CT molecular complexity index is 1060. The smallest absolute Gasteiger partial charge is 0.261 e. The molecule has 2 aliphatic heterocycles. The average molecular weight is 423 g/mol. The Hall–Kier alpha value is -2.70. The van der Waals surface area contributed by atoms with Crippen LogP contribution in [0.3, 0.4) is 0 Å². The van der Waals surface area contributed by atoms with Gasteiger partial charge >= 0.3 is 0 Å². The maximum absolute atomic E-state index is 13.1. The summed E-state index contributed by atoms with van der Waals surface area (Å²) in [6, 6.07) is 5.64. The van der Waals surface area contributed by atoms with Gasteiger partial charge in [0.05, 0.1) is 10.9 Å². The summed E-state index contributed by atoms with van der Waals surface area (Å²) in [4.78, 5) is 45.0. The van der Waals surface area contributed by atoms with E-state index in [1.807, 2.05) is 9.47 Å². The van der Waals surface area contributed by atoms with Crippen molar-refractivity contribution >= 4 is 22.7 Å². The Balaban J connectivity index is 1.33. The molecular weight excluding hydrogens is 392 g/mol. The van der Waals surface area contributed by atoms with E-state index in [0.717, 1.165) is 50.9 Å².